The molecule has 0 fully saturated rings. The molecule has 1 aliphatic carbocycles. The van der Waals surface area contributed by atoms with Gasteiger partial charge in [-0.2, -0.15) is 0 Å². The number of hydrogen-bond acceptors (Lipinski definition) is 5. The Morgan fingerprint density at radius 3 is 2.59 bits per heavy atom. The lowest BCUT2D eigenvalue weighted by Crippen LogP contribution is -2.38. The molecular formula is C28H22N2O3S. The molecule has 0 amide bonds. The Labute approximate surface area is 200 Å². The van der Waals surface area contributed by atoms with Gasteiger partial charge in [-0.3, -0.25) is 9.36 Å². The third kappa shape index (κ3) is 3.30. The van der Waals surface area contributed by atoms with Gasteiger partial charge < -0.3 is 9.84 Å². The van der Waals surface area contributed by atoms with Crippen LogP contribution in [0.2, 0.25) is 0 Å². The zero-order chi connectivity index (χ0) is 23.2. The standard InChI is InChI=1S/C28H22N2O3S/c1-33-20-13-10-18(11-14-20)26-22-15-12-17-6-2-4-8-21(17)25(22)29-28-30(26)27(32)24(34-28)16-19-7-3-5-9-23(19)31/h2-11,13-14,16,26,31H,12,15H2,1H3/b24-16-/t26-/m0/s1. The molecule has 3 aromatic carbocycles. The first kappa shape index (κ1) is 20.7. The van der Waals surface area contributed by atoms with Crippen molar-refractivity contribution in [2.75, 3.05) is 7.11 Å². The number of para-hydroxylation sites is 1. The molecule has 0 radical (unpaired) electrons. The number of phenolic OH excluding ortho intramolecular Hbond substituents is 1. The van der Waals surface area contributed by atoms with Crippen LogP contribution < -0.4 is 19.6 Å². The van der Waals surface area contributed by atoms with Crippen LogP contribution in [0.1, 0.15) is 34.7 Å². The molecule has 6 heteroatoms. The molecule has 2 aliphatic rings. The average Bonchev–Trinajstić information content (AvgIpc) is 3.18. The molecule has 0 saturated carbocycles. The number of ether oxygens (including phenoxy) is 1. The highest BCUT2D eigenvalue weighted by Crippen LogP contribution is 2.41. The van der Waals surface area contributed by atoms with Crippen LogP contribution in [-0.4, -0.2) is 16.8 Å². The topological polar surface area (TPSA) is 63.8 Å². The molecule has 1 atom stereocenters. The van der Waals surface area contributed by atoms with Crippen LogP contribution in [0.4, 0.5) is 0 Å². The fourth-order valence-corrected chi connectivity index (χ4v) is 5.85. The van der Waals surface area contributed by atoms with E-state index in [4.69, 9.17) is 9.73 Å². The summed E-state index contributed by atoms with van der Waals surface area (Å²) < 4.78 is 7.72. The predicted molar refractivity (Wildman–Crippen MR) is 134 cm³/mol. The first-order chi connectivity index (χ1) is 16.6. The number of aromatic hydroxyl groups is 1. The van der Waals surface area contributed by atoms with E-state index in [0.717, 1.165) is 41.0 Å². The van der Waals surface area contributed by atoms with Gasteiger partial charge in [0, 0.05) is 11.1 Å². The molecule has 5 nitrogen and oxygen atoms in total. The van der Waals surface area contributed by atoms with Gasteiger partial charge in [0.1, 0.15) is 11.5 Å². The highest BCUT2D eigenvalue weighted by Gasteiger charge is 2.32. The number of benzene rings is 3. The van der Waals surface area contributed by atoms with Crippen LogP contribution in [0.3, 0.4) is 0 Å². The molecule has 2 heterocycles. The lowest BCUT2D eigenvalue weighted by molar-refractivity contribution is 0.414. The lowest BCUT2D eigenvalue weighted by Gasteiger charge is -2.30. The van der Waals surface area contributed by atoms with E-state index in [0.29, 0.717) is 14.9 Å². The third-order valence-corrected chi connectivity index (χ3v) is 7.51. The molecule has 1 aliphatic heterocycles. The van der Waals surface area contributed by atoms with Crippen LogP contribution >= 0.6 is 11.3 Å². The van der Waals surface area contributed by atoms with Gasteiger partial charge in [-0.15, -0.1) is 0 Å². The summed E-state index contributed by atoms with van der Waals surface area (Å²) in [6, 6.07) is 23.1. The summed E-state index contributed by atoms with van der Waals surface area (Å²) in [5.41, 5.74) is 6.09. The number of allylic oxidation sites excluding steroid dienone is 1. The monoisotopic (exact) mass is 466 g/mol. The number of nitrogens with zero attached hydrogens (tertiary/aromatic N) is 2. The van der Waals surface area contributed by atoms with E-state index >= 15 is 0 Å². The molecule has 6 rings (SSSR count). The minimum Gasteiger partial charge on any atom is -0.507 e. The highest BCUT2D eigenvalue weighted by atomic mass is 32.1. The summed E-state index contributed by atoms with van der Waals surface area (Å²) in [6.45, 7) is 0. The predicted octanol–water partition coefficient (Wildman–Crippen LogP) is 4.03. The number of phenols is 1. The molecule has 1 N–H and O–H groups in total. The normalized spacial score (nSPS) is 17.0. The summed E-state index contributed by atoms with van der Waals surface area (Å²) in [4.78, 5) is 19.4. The van der Waals surface area contributed by atoms with Crippen molar-refractivity contribution in [1.82, 2.24) is 4.57 Å². The van der Waals surface area contributed by atoms with Crippen molar-refractivity contribution in [2.24, 2.45) is 4.99 Å². The van der Waals surface area contributed by atoms with E-state index in [9.17, 15) is 9.90 Å². The summed E-state index contributed by atoms with van der Waals surface area (Å²) in [5, 5.41) is 10.2. The van der Waals surface area contributed by atoms with Gasteiger partial charge in [0.25, 0.3) is 5.56 Å². The van der Waals surface area contributed by atoms with Crippen molar-refractivity contribution in [1.29, 1.82) is 0 Å². The second-order valence-electron chi connectivity index (χ2n) is 8.45. The molecule has 0 saturated heterocycles. The van der Waals surface area contributed by atoms with Crippen molar-refractivity contribution >= 4 is 23.1 Å². The quantitative estimate of drug-likeness (QED) is 0.496. The van der Waals surface area contributed by atoms with Gasteiger partial charge in [0.15, 0.2) is 4.80 Å². The number of thiazole rings is 1. The first-order valence-electron chi connectivity index (χ1n) is 11.2. The first-order valence-corrected chi connectivity index (χ1v) is 12.0. The number of fused-ring (bicyclic) bond motifs is 3. The molecular weight excluding hydrogens is 444 g/mol. The van der Waals surface area contributed by atoms with Crippen LogP contribution in [0, 0.1) is 0 Å². The smallest absolute Gasteiger partial charge is 0.271 e. The third-order valence-electron chi connectivity index (χ3n) is 6.53. The molecule has 0 unspecified atom stereocenters. The fourth-order valence-electron chi connectivity index (χ4n) is 4.86. The summed E-state index contributed by atoms with van der Waals surface area (Å²) in [7, 11) is 1.65. The number of rotatable bonds is 3. The number of methoxy groups -OCH3 is 1. The van der Waals surface area contributed by atoms with Gasteiger partial charge >= 0.3 is 0 Å². The van der Waals surface area contributed by atoms with Gasteiger partial charge in [-0.25, -0.2) is 4.99 Å². The van der Waals surface area contributed by atoms with Crippen LogP contribution in [0.15, 0.2) is 88.2 Å². The van der Waals surface area contributed by atoms with Crippen molar-refractivity contribution in [3.05, 3.63) is 120 Å². The van der Waals surface area contributed by atoms with Crippen LogP contribution in [0.5, 0.6) is 11.5 Å². The van der Waals surface area contributed by atoms with E-state index in [1.165, 1.54) is 16.9 Å². The largest absolute Gasteiger partial charge is 0.507 e. The van der Waals surface area contributed by atoms with E-state index in [-0.39, 0.29) is 17.4 Å². The van der Waals surface area contributed by atoms with Crippen molar-refractivity contribution in [3.8, 4) is 11.5 Å². The minimum atomic E-state index is -0.239. The molecule has 168 valence electrons. The average molecular weight is 467 g/mol. The maximum absolute atomic E-state index is 13.7. The molecule has 0 spiro atoms. The van der Waals surface area contributed by atoms with E-state index in [1.54, 1.807) is 31.4 Å². The summed E-state index contributed by atoms with van der Waals surface area (Å²) in [6.07, 6.45) is 3.51. The molecule has 4 aromatic rings. The number of aryl methyl sites for hydroxylation is 1. The number of hydrogen-bond donors (Lipinski definition) is 1. The van der Waals surface area contributed by atoms with Gasteiger partial charge in [-0.1, -0.05) is 65.9 Å². The zero-order valence-electron chi connectivity index (χ0n) is 18.6. The Hall–Kier alpha value is -3.90. The maximum atomic E-state index is 13.7. The second kappa shape index (κ2) is 8.15. The Bertz CT molecular complexity index is 1630. The van der Waals surface area contributed by atoms with E-state index in [2.05, 4.69) is 18.2 Å². The molecule has 1 aromatic heterocycles. The Balaban J connectivity index is 1.62. The molecule has 34 heavy (non-hydrogen) atoms. The minimum absolute atomic E-state index is 0.0989. The van der Waals surface area contributed by atoms with Crippen LogP contribution in [-0.2, 0) is 6.42 Å². The van der Waals surface area contributed by atoms with Crippen molar-refractivity contribution in [3.63, 3.8) is 0 Å². The van der Waals surface area contributed by atoms with Gasteiger partial charge in [-0.05, 0) is 53.8 Å². The second-order valence-corrected chi connectivity index (χ2v) is 9.45. The molecule has 0 bridgehead atoms. The Morgan fingerprint density at radius 1 is 1.03 bits per heavy atom. The number of aromatic nitrogens is 1. The fraction of sp³-hybridized carbons (Fsp3) is 0.143. The van der Waals surface area contributed by atoms with E-state index < -0.39 is 0 Å². The SMILES string of the molecule is COc1ccc([C@H]2C3=C(N=c4s/c(=C\c5ccccc5O)c(=O)n42)c2ccccc2CC3)cc1. The summed E-state index contributed by atoms with van der Waals surface area (Å²) >= 11 is 1.36. The summed E-state index contributed by atoms with van der Waals surface area (Å²) in [5.74, 6) is 0.923. The van der Waals surface area contributed by atoms with Gasteiger partial charge in [0.05, 0.1) is 23.4 Å². The lowest BCUT2D eigenvalue weighted by atomic mass is 9.83. The van der Waals surface area contributed by atoms with E-state index in [1.807, 2.05) is 41.0 Å². The van der Waals surface area contributed by atoms with Gasteiger partial charge in [0.2, 0.25) is 0 Å². The van der Waals surface area contributed by atoms with Crippen LogP contribution in [0.25, 0.3) is 11.8 Å². The maximum Gasteiger partial charge on any atom is 0.271 e. The zero-order valence-corrected chi connectivity index (χ0v) is 19.4. The van der Waals surface area contributed by atoms with Crippen molar-refractivity contribution in [2.45, 2.75) is 18.9 Å². The Kier molecular flexibility index (Phi) is 4.96. The van der Waals surface area contributed by atoms with Crippen molar-refractivity contribution < 1.29 is 9.84 Å². The Morgan fingerprint density at radius 2 is 1.79 bits per heavy atom. The highest BCUT2D eigenvalue weighted by molar-refractivity contribution is 7.07.